The molecule has 0 radical (unpaired) electrons. The average molecular weight is 266 g/mol. The molecule has 1 aliphatic heterocycles. The molecule has 112 valence electrons. The van der Waals surface area contributed by atoms with Crippen molar-refractivity contribution in [3.63, 3.8) is 0 Å². The molecule has 1 nitrogen and oxygen atoms in total. The summed E-state index contributed by atoms with van der Waals surface area (Å²) < 4.78 is 5.50. The summed E-state index contributed by atoms with van der Waals surface area (Å²) in [6, 6.07) is 0. The Labute approximate surface area is 120 Å². The van der Waals surface area contributed by atoms with Crippen molar-refractivity contribution in [2.75, 3.05) is 13.2 Å². The van der Waals surface area contributed by atoms with E-state index >= 15 is 0 Å². The molecule has 19 heavy (non-hydrogen) atoms. The van der Waals surface area contributed by atoms with Crippen LogP contribution in [0.15, 0.2) is 0 Å². The third kappa shape index (κ3) is 5.10. The molecule has 0 amide bonds. The standard InChI is InChI=1S/C18H34O/c1-14(2)11-16-5-4-6-17(13-16)12-15(3)18-7-9-19-10-8-18/h14-18H,4-13H2,1-3H3. The monoisotopic (exact) mass is 266 g/mol. The van der Waals surface area contributed by atoms with Gasteiger partial charge in [0, 0.05) is 13.2 Å². The molecule has 3 atom stereocenters. The Morgan fingerprint density at radius 2 is 1.53 bits per heavy atom. The van der Waals surface area contributed by atoms with Crippen molar-refractivity contribution in [2.24, 2.45) is 29.6 Å². The molecular weight excluding hydrogens is 232 g/mol. The fourth-order valence-electron chi connectivity index (χ4n) is 4.50. The van der Waals surface area contributed by atoms with Crippen molar-refractivity contribution in [3.05, 3.63) is 0 Å². The van der Waals surface area contributed by atoms with E-state index in [-0.39, 0.29) is 0 Å². The summed E-state index contributed by atoms with van der Waals surface area (Å²) in [7, 11) is 0. The first-order chi connectivity index (χ1) is 9.15. The van der Waals surface area contributed by atoms with Crippen LogP contribution in [-0.4, -0.2) is 13.2 Å². The maximum atomic E-state index is 5.50. The second-order valence-electron chi connectivity index (χ2n) is 7.69. The van der Waals surface area contributed by atoms with Crippen molar-refractivity contribution in [1.82, 2.24) is 0 Å². The average Bonchev–Trinajstić information content (AvgIpc) is 2.39. The molecule has 0 aromatic heterocycles. The SMILES string of the molecule is CC(C)CC1CCCC(CC(C)C2CCOCC2)C1. The number of ether oxygens (including phenoxy) is 1. The number of hydrogen-bond acceptors (Lipinski definition) is 1. The van der Waals surface area contributed by atoms with Crippen LogP contribution in [0.25, 0.3) is 0 Å². The first-order valence-corrected chi connectivity index (χ1v) is 8.73. The summed E-state index contributed by atoms with van der Waals surface area (Å²) in [5.74, 6) is 4.80. The second kappa shape index (κ2) is 7.67. The van der Waals surface area contributed by atoms with Crippen LogP contribution in [0.3, 0.4) is 0 Å². The Bertz CT molecular complexity index is 242. The molecule has 2 fully saturated rings. The van der Waals surface area contributed by atoms with E-state index in [0.717, 1.165) is 42.8 Å². The van der Waals surface area contributed by atoms with Gasteiger partial charge in [0.1, 0.15) is 0 Å². The highest BCUT2D eigenvalue weighted by atomic mass is 16.5. The van der Waals surface area contributed by atoms with Crippen molar-refractivity contribution < 1.29 is 4.74 Å². The van der Waals surface area contributed by atoms with Gasteiger partial charge in [-0.3, -0.25) is 0 Å². The molecule has 1 heteroatoms. The molecule has 0 N–H and O–H groups in total. The van der Waals surface area contributed by atoms with E-state index in [9.17, 15) is 0 Å². The molecule has 0 bridgehead atoms. The Balaban J connectivity index is 1.74. The summed E-state index contributed by atoms with van der Waals surface area (Å²) in [6.07, 6.45) is 11.6. The molecule has 2 rings (SSSR count). The quantitative estimate of drug-likeness (QED) is 0.657. The largest absolute Gasteiger partial charge is 0.381 e. The zero-order valence-electron chi connectivity index (χ0n) is 13.4. The van der Waals surface area contributed by atoms with Crippen LogP contribution in [0.1, 0.15) is 72.1 Å². The van der Waals surface area contributed by atoms with Crippen LogP contribution < -0.4 is 0 Å². The number of rotatable bonds is 5. The molecule has 3 unspecified atom stereocenters. The Kier molecular flexibility index (Phi) is 6.19. The second-order valence-corrected chi connectivity index (χ2v) is 7.69. The maximum Gasteiger partial charge on any atom is 0.0468 e. The molecule has 1 saturated heterocycles. The summed E-state index contributed by atoms with van der Waals surface area (Å²) in [5, 5.41) is 0. The van der Waals surface area contributed by atoms with Crippen LogP contribution in [0.5, 0.6) is 0 Å². The zero-order valence-corrected chi connectivity index (χ0v) is 13.4. The minimum absolute atomic E-state index is 0.886. The molecule has 2 aliphatic rings. The topological polar surface area (TPSA) is 9.23 Å². The zero-order chi connectivity index (χ0) is 13.7. The smallest absolute Gasteiger partial charge is 0.0468 e. The molecule has 0 spiro atoms. The summed E-state index contributed by atoms with van der Waals surface area (Å²) in [5.41, 5.74) is 0. The van der Waals surface area contributed by atoms with Gasteiger partial charge in [0.25, 0.3) is 0 Å². The van der Waals surface area contributed by atoms with Gasteiger partial charge in [-0.2, -0.15) is 0 Å². The molecule has 0 aromatic rings. The highest BCUT2D eigenvalue weighted by Gasteiger charge is 2.27. The normalized spacial score (nSPS) is 31.6. The van der Waals surface area contributed by atoms with Crippen molar-refractivity contribution in [3.8, 4) is 0 Å². The van der Waals surface area contributed by atoms with E-state index in [1.807, 2.05) is 0 Å². The fraction of sp³-hybridized carbons (Fsp3) is 1.00. The van der Waals surface area contributed by atoms with Gasteiger partial charge in [-0.15, -0.1) is 0 Å². The minimum atomic E-state index is 0.886. The van der Waals surface area contributed by atoms with Gasteiger partial charge in [0.2, 0.25) is 0 Å². The van der Waals surface area contributed by atoms with Gasteiger partial charge in [-0.05, 0) is 61.7 Å². The van der Waals surface area contributed by atoms with Crippen LogP contribution in [-0.2, 0) is 4.74 Å². The summed E-state index contributed by atoms with van der Waals surface area (Å²) >= 11 is 0. The predicted molar refractivity (Wildman–Crippen MR) is 82.2 cm³/mol. The van der Waals surface area contributed by atoms with Crippen LogP contribution in [0.2, 0.25) is 0 Å². The first kappa shape index (κ1) is 15.4. The molecule has 0 aromatic carbocycles. The first-order valence-electron chi connectivity index (χ1n) is 8.73. The van der Waals surface area contributed by atoms with Gasteiger partial charge >= 0.3 is 0 Å². The van der Waals surface area contributed by atoms with Gasteiger partial charge in [0.15, 0.2) is 0 Å². The molecule has 1 heterocycles. The third-order valence-electron chi connectivity index (χ3n) is 5.47. The minimum Gasteiger partial charge on any atom is -0.381 e. The van der Waals surface area contributed by atoms with E-state index in [1.165, 1.54) is 51.4 Å². The number of hydrogen-bond donors (Lipinski definition) is 0. The van der Waals surface area contributed by atoms with E-state index < -0.39 is 0 Å². The summed E-state index contributed by atoms with van der Waals surface area (Å²) in [4.78, 5) is 0. The lowest BCUT2D eigenvalue weighted by Crippen LogP contribution is -2.25. The highest BCUT2D eigenvalue weighted by molar-refractivity contribution is 4.78. The lowest BCUT2D eigenvalue weighted by molar-refractivity contribution is 0.0425. The van der Waals surface area contributed by atoms with E-state index in [2.05, 4.69) is 20.8 Å². The van der Waals surface area contributed by atoms with Crippen molar-refractivity contribution in [2.45, 2.75) is 72.1 Å². The molecular formula is C18H34O. The van der Waals surface area contributed by atoms with E-state index in [0.29, 0.717) is 0 Å². The molecule has 1 aliphatic carbocycles. The van der Waals surface area contributed by atoms with Gasteiger partial charge < -0.3 is 4.74 Å². The van der Waals surface area contributed by atoms with Gasteiger partial charge in [0.05, 0.1) is 0 Å². The fourth-order valence-corrected chi connectivity index (χ4v) is 4.50. The highest BCUT2D eigenvalue weighted by Crippen LogP contribution is 2.38. The van der Waals surface area contributed by atoms with E-state index in [4.69, 9.17) is 4.74 Å². The maximum absolute atomic E-state index is 5.50. The lowest BCUT2D eigenvalue weighted by Gasteiger charge is -2.35. The van der Waals surface area contributed by atoms with E-state index in [1.54, 1.807) is 0 Å². The van der Waals surface area contributed by atoms with Crippen LogP contribution >= 0.6 is 0 Å². The van der Waals surface area contributed by atoms with Gasteiger partial charge in [-0.1, -0.05) is 40.0 Å². The van der Waals surface area contributed by atoms with Crippen LogP contribution in [0.4, 0.5) is 0 Å². The van der Waals surface area contributed by atoms with Crippen LogP contribution in [0, 0.1) is 29.6 Å². The third-order valence-corrected chi connectivity index (χ3v) is 5.47. The Morgan fingerprint density at radius 3 is 2.16 bits per heavy atom. The van der Waals surface area contributed by atoms with Crippen molar-refractivity contribution >= 4 is 0 Å². The summed E-state index contributed by atoms with van der Waals surface area (Å²) in [6.45, 7) is 9.29. The predicted octanol–water partition coefficient (Wildman–Crippen LogP) is 5.29. The van der Waals surface area contributed by atoms with Crippen molar-refractivity contribution in [1.29, 1.82) is 0 Å². The van der Waals surface area contributed by atoms with Gasteiger partial charge in [-0.25, -0.2) is 0 Å². The Morgan fingerprint density at radius 1 is 0.895 bits per heavy atom. The molecule has 1 saturated carbocycles. The Hall–Kier alpha value is -0.0400. The lowest BCUT2D eigenvalue weighted by atomic mass is 9.72.